The van der Waals surface area contributed by atoms with E-state index in [0.29, 0.717) is 32.7 Å². The summed E-state index contributed by atoms with van der Waals surface area (Å²) in [7, 11) is 1.80. The van der Waals surface area contributed by atoms with Gasteiger partial charge in [0.05, 0.1) is 6.54 Å². The average Bonchev–Trinajstić information content (AvgIpc) is 2.79. The first-order valence-corrected chi connectivity index (χ1v) is 10.2. The topological polar surface area (TPSA) is 55.9 Å². The van der Waals surface area contributed by atoms with Crippen LogP contribution in [0.15, 0.2) is 72.8 Å². The highest BCUT2D eigenvalue weighted by Crippen LogP contribution is 2.19. The van der Waals surface area contributed by atoms with Crippen molar-refractivity contribution < 1.29 is 9.59 Å². The first-order chi connectivity index (χ1) is 14.6. The van der Waals surface area contributed by atoms with Crippen LogP contribution in [0.2, 0.25) is 0 Å². The van der Waals surface area contributed by atoms with Crippen LogP contribution >= 0.6 is 0 Å². The van der Waals surface area contributed by atoms with Crippen LogP contribution in [0.25, 0.3) is 10.8 Å². The standard InChI is InChI=1S/C24H26N4O2/c1-26(22-9-3-2-4-10-22)23(29)18-27-13-15-28(16-14-27)24(30)25-21-12-11-19-7-5-6-8-20(19)17-21/h2-12,17H,13-16,18H2,1H3,(H,25,30). The Kier molecular flexibility index (Phi) is 5.95. The minimum Gasteiger partial charge on any atom is -0.322 e. The van der Waals surface area contributed by atoms with Gasteiger partial charge in [0.1, 0.15) is 0 Å². The molecule has 154 valence electrons. The zero-order valence-corrected chi connectivity index (χ0v) is 17.1. The summed E-state index contributed by atoms with van der Waals surface area (Å²) >= 11 is 0. The number of carbonyl (C=O) groups is 2. The molecule has 0 spiro atoms. The van der Waals surface area contributed by atoms with Crippen LogP contribution in [-0.2, 0) is 4.79 Å². The smallest absolute Gasteiger partial charge is 0.321 e. The molecule has 3 amide bonds. The van der Waals surface area contributed by atoms with Gasteiger partial charge in [-0.2, -0.15) is 0 Å². The number of nitrogens with one attached hydrogen (secondary N) is 1. The van der Waals surface area contributed by atoms with E-state index >= 15 is 0 Å². The number of hydrogen-bond donors (Lipinski definition) is 1. The summed E-state index contributed by atoms with van der Waals surface area (Å²) < 4.78 is 0. The first-order valence-electron chi connectivity index (χ1n) is 10.2. The molecular formula is C24H26N4O2. The summed E-state index contributed by atoms with van der Waals surface area (Å²) in [4.78, 5) is 30.8. The monoisotopic (exact) mass is 402 g/mol. The number of piperazine rings is 1. The molecule has 0 aliphatic carbocycles. The molecule has 0 atom stereocenters. The number of nitrogens with zero attached hydrogens (tertiary/aromatic N) is 3. The Labute approximate surface area is 176 Å². The number of rotatable bonds is 4. The zero-order chi connectivity index (χ0) is 20.9. The summed E-state index contributed by atoms with van der Waals surface area (Å²) in [6.07, 6.45) is 0. The summed E-state index contributed by atoms with van der Waals surface area (Å²) in [6.45, 7) is 2.91. The fourth-order valence-corrected chi connectivity index (χ4v) is 3.67. The Hall–Kier alpha value is -3.38. The van der Waals surface area contributed by atoms with Gasteiger partial charge in [-0.3, -0.25) is 9.69 Å². The maximum Gasteiger partial charge on any atom is 0.321 e. The lowest BCUT2D eigenvalue weighted by molar-refractivity contribution is -0.119. The minimum absolute atomic E-state index is 0.0512. The van der Waals surface area contributed by atoms with Gasteiger partial charge in [0, 0.05) is 44.6 Å². The third-order valence-corrected chi connectivity index (χ3v) is 5.54. The summed E-state index contributed by atoms with van der Waals surface area (Å²) in [6, 6.07) is 23.5. The number of likely N-dealkylation sites (N-methyl/N-ethyl adjacent to an activating group) is 1. The highest BCUT2D eigenvalue weighted by molar-refractivity contribution is 5.95. The minimum atomic E-state index is -0.0994. The van der Waals surface area contributed by atoms with Crippen LogP contribution in [0.3, 0.4) is 0 Å². The highest BCUT2D eigenvalue weighted by Gasteiger charge is 2.23. The SMILES string of the molecule is CN(C(=O)CN1CCN(C(=O)Nc2ccc3ccccc3c2)CC1)c1ccccc1. The molecular weight excluding hydrogens is 376 g/mol. The van der Waals surface area contributed by atoms with Gasteiger partial charge in [-0.25, -0.2) is 4.79 Å². The largest absolute Gasteiger partial charge is 0.322 e. The van der Waals surface area contributed by atoms with Gasteiger partial charge in [-0.05, 0) is 35.0 Å². The molecule has 4 rings (SSSR count). The number of benzene rings is 3. The molecule has 0 radical (unpaired) electrons. The van der Waals surface area contributed by atoms with Gasteiger partial charge in [-0.15, -0.1) is 0 Å². The Balaban J connectivity index is 1.28. The molecule has 3 aromatic rings. The predicted molar refractivity (Wildman–Crippen MR) is 121 cm³/mol. The summed E-state index contributed by atoms with van der Waals surface area (Å²) in [5.41, 5.74) is 1.68. The van der Waals surface area contributed by atoms with Crippen LogP contribution in [0.4, 0.5) is 16.2 Å². The van der Waals surface area contributed by atoms with Crippen LogP contribution in [0, 0.1) is 0 Å². The van der Waals surface area contributed by atoms with E-state index in [4.69, 9.17) is 0 Å². The molecule has 6 heteroatoms. The second-order valence-electron chi connectivity index (χ2n) is 7.54. The Morgan fingerprint density at radius 1 is 0.867 bits per heavy atom. The van der Waals surface area contributed by atoms with Crippen molar-refractivity contribution >= 4 is 34.1 Å². The second kappa shape index (κ2) is 8.97. The van der Waals surface area contributed by atoms with Crippen LogP contribution in [-0.4, -0.2) is 61.5 Å². The first kappa shape index (κ1) is 19.9. The summed E-state index contributed by atoms with van der Waals surface area (Å²) in [5, 5.41) is 5.24. The fraction of sp³-hybridized carbons (Fsp3) is 0.250. The van der Waals surface area contributed by atoms with Crippen molar-refractivity contribution in [3.63, 3.8) is 0 Å². The number of carbonyl (C=O) groups excluding carboxylic acids is 2. The molecule has 1 aliphatic rings. The van der Waals surface area contributed by atoms with Gasteiger partial charge >= 0.3 is 6.03 Å². The molecule has 3 aromatic carbocycles. The Bertz CT molecular complexity index is 1030. The fourth-order valence-electron chi connectivity index (χ4n) is 3.67. The number of urea groups is 1. The lowest BCUT2D eigenvalue weighted by atomic mass is 10.1. The van der Waals surface area contributed by atoms with Crippen LogP contribution in [0.5, 0.6) is 0 Å². The van der Waals surface area contributed by atoms with Gasteiger partial charge in [-0.1, -0.05) is 48.5 Å². The van der Waals surface area contributed by atoms with Gasteiger partial charge < -0.3 is 15.1 Å². The molecule has 1 aliphatic heterocycles. The third kappa shape index (κ3) is 4.60. The maximum absolute atomic E-state index is 12.6. The van der Waals surface area contributed by atoms with Crippen molar-refractivity contribution in [1.82, 2.24) is 9.80 Å². The average molecular weight is 402 g/mol. The van der Waals surface area contributed by atoms with E-state index in [1.54, 1.807) is 16.8 Å². The molecule has 0 bridgehead atoms. The van der Waals surface area contributed by atoms with Crippen LogP contribution < -0.4 is 10.2 Å². The number of hydrogen-bond acceptors (Lipinski definition) is 3. The van der Waals surface area contributed by atoms with E-state index < -0.39 is 0 Å². The molecule has 0 aromatic heterocycles. The van der Waals surface area contributed by atoms with Crippen molar-refractivity contribution in [2.24, 2.45) is 0 Å². The van der Waals surface area contributed by atoms with E-state index in [1.807, 2.05) is 66.7 Å². The number of amides is 3. The van der Waals surface area contributed by atoms with Crippen molar-refractivity contribution in [1.29, 1.82) is 0 Å². The molecule has 6 nitrogen and oxygen atoms in total. The molecule has 1 N–H and O–H groups in total. The van der Waals surface area contributed by atoms with Gasteiger partial charge in [0.2, 0.25) is 5.91 Å². The zero-order valence-electron chi connectivity index (χ0n) is 17.1. The van der Waals surface area contributed by atoms with E-state index in [2.05, 4.69) is 16.3 Å². The normalized spacial score (nSPS) is 14.5. The van der Waals surface area contributed by atoms with Crippen LogP contribution in [0.1, 0.15) is 0 Å². The molecule has 0 unspecified atom stereocenters. The Morgan fingerprint density at radius 3 is 2.27 bits per heavy atom. The van der Waals surface area contributed by atoms with Crippen molar-refractivity contribution in [2.75, 3.05) is 50.0 Å². The predicted octanol–water partition coefficient (Wildman–Crippen LogP) is 3.65. The molecule has 1 fully saturated rings. The van der Waals surface area contributed by atoms with Crippen molar-refractivity contribution in [3.05, 3.63) is 72.8 Å². The molecule has 30 heavy (non-hydrogen) atoms. The third-order valence-electron chi connectivity index (χ3n) is 5.54. The van der Waals surface area contributed by atoms with E-state index in [0.717, 1.165) is 22.1 Å². The van der Waals surface area contributed by atoms with E-state index in [-0.39, 0.29) is 11.9 Å². The van der Waals surface area contributed by atoms with E-state index in [1.165, 1.54) is 0 Å². The highest BCUT2D eigenvalue weighted by atomic mass is 16.2. The lowest BCUT2D eigenvalue weighted by Gasteiger charge is -2.35. The number of para-hydroxylation sites is 1. The Morgan fingerprint density at radius 2 is 1.53 bits per heavy atom. The van der Waals surface area contributed by atoms with Crippen molar-refractivity contribution in [3.8, 4) is 0 Å². The quantitative estimate of drug-likeness (QED) is 0.725. The van der Waals surface area contributed by atoms with Gasteiger partial charge in [0.25, 0.3) is 0 Å². The molecule has 1 heterocycles. The second-order valence-corrected chi connectivity index (χ2v) is 7.54. The summed E-state index contributed by atoms with van der Waals surface area (Å²) in [5.74, 6) is 0.0512. The number of fused-ring (bicyclic) bond motifs is 1. The van der Waals surface area contributed by atoms with E-state index in [9.17, 15) is 9.59 Å². The maximum atomic E-state index is 12.6. The van der Waals surface area contributed by atoms with Gasteiger partial charge in [0.15, 0.2) is 0 Å². The lowest BCUT2D eigenvalue weighted by Crippen LogP contribution is -2.52. The number of anilines is 2. The van der Waals surface area contributed by atoms with Crippen molar-refractivity contribution in [2.45, 2.75) is 0 Å². The molecule has 0 saturated carbocycles. The molecule has 1 saturated heterocycles.